The molecule has 1 aromatic rings. The van der Waals surface area contributed by atoms with Crippen molar-refractivity contribution in [3.8, 4) is 0 Å². The Morgan fingerprint density at radius 3 is 2.12 bits per heavy atom. The molecular formula is C18H28N2O5S. The van der Waals surface area contributed by atoms with E-state index in [4.69, 9.17) is 5.11 Å². The maximum atomic E-state index is 12.6. The van der Waals surface area contributed by atoms with E-state index in [0.717, 1.165) is 0 Å². The standard InChI is InChI=1S/C18H28N2O5S/c1-13(2)11-19-26(24,25)16-7-5-15(6-8-16)18(23)20(12-14(3)4)10-9-17(21)22/h5-8,13-14,19H,9-12H2,1-4H3,(H,21,22). The number of amides is 1. The van der Waals surface area contributed by atoms with Gasteiger partial charge < -0.3 is 10.0 Å². The summed E-state index contributed by atoms with van der Waals surface area (Å²) in [5.41, 5.74) is 0.332. The molecule has 1 aromatic carbocycles. The number of carbonyl (C=O) groups is 2. The van der Waals surface area contributed by atoms with Gasteiger partial charge in [-0.15, -0.1) is 0 Å². The molecule has 0 fully saturated rings. The highest BCUT2D eigenvalue weighted by Gasteiger charge is 2.20. The van der Waals surface area contributed by atoms with Gasteiger partial charge in [0.25, 0.3) is 5.91 Å². The third-order valence-electron chi connectivity index (χ3n) is 3.56. The molecule has 1 rings (SSSR count). The monoisotopic (exact) mass is 384 g/mol. The van der Waals surface area contributed by atoms with Gasteiger partial charge in [0.2, 0.25) is 10.0 Å². The number of carboxylic acid groups (broad SMARTS) is 1. The summed E-state index contributed by atoms with van der Waals surface area (Å²) in [4.78, 5) is 25.0. The molecule has 2 N–H and O–H groups in total. The Kier molecular flexibility index (Phi) is 8.23. The summed E-state index contributed by atoms with van der Waals surface area (Å²) in [7, 11) is -3.61. The number of hydrogen-bond donors (Lipinski definition) is 2. The molecule has 0 radical (unpaired) electrons. The van der Waals surface area contributed by atoms with Gasteiger partial charge in [-0.1, -0.05) is 27.7 Å². The Balaban J connectivity index is 2.93. The number of nitrogens with zero attached hydrogens (tertiary/aromatic N) is 1. The summed E-state index contributed by atoms with van der Waals surface area (Å²) in [5.74, 6) is -0.902. The van der Waals surface area contributed by atoms with Crippen LogP contribution in [0.25, 0.3) is 0 Å². The lowest BCUT2D eigenvalue weighted by Gasteiger charge is -2.24. The van der Waals surface area contributed by atoms with Crippen LogP contribution >= 0.6 is 0 Å². The largest absolute Gasteiger partial charge is 0.481 e. The van der Waals surface area contributed by atoms with Crippen LogP contribution < -0.4 is 4.72 Å². The molecule has 0 aliphatic heterocycles. The van der Waals surface area contributed by atoms with Crippen LogP contribution in [0, 0.1) is 11.8 Å². The van der Waals surface area contributed by atoms with Gasteiger partial charge in [0.1, 0.15) is 0 Å². The molecule has 0 saturated heterocycles. The fourth-order valence-electron chi connectivity index (χ4n) is 2.27. The minimum atomic E-state index is -3.61. The van der Waals surface area contributed by atoms with Crippen LogP contribution in [0.4, 0.5) is 0 Å². The summed E-state index contributed by atoms with van der Waals surface area (Å²) in [6.45, 7) is 8.58. The lowest BCUT2D eigenvalue weighted by atomic mass is 10.1. The molecular weight excluding hydrogens is 356 g/mol. The fourth-order valence-corrected chi connectivity index (χ4v) is 3.48. The topological polar surface area (TPSA) is 104 Å². The van der Waals surface area contributed by atoms with E-state index in [9.17, 15) is 18.0 Å². The van der Waals surface area contributed by atoms with Gasteiger partial charge in [0, 0.05) is 25.2 Å². The number of benzene rings is 1. The molecule has 146 valence electrons. The van der Waals surface area contributed by atoms with Gasteiger partial charge in [-0.05, 0) is 36.1 Å². The average molecular weight is 384 g/mol. The van der Waals surface area contributed by atoms with Gasteiger partial charge in [-0.3, -0.25) is 9.59 Å². The molecule has 0 aliphatic rings. The van der Waals surface area contributed by atoms with E-state index in [1.807, 2.05) is 27.7 Å². The summed E-state index contributed by atoms with van der Waals surface area (Å²) in [6.07, 6.45) is -0.135. The number of sulfonamides is 1. The average Bonchev–Trinajstić information content (AvgIpc) is 2.56. The van der Waals surface area contributed by atoms with E-state index >= 15 is 0 Å². The number of aliphatic carboxylic acids is 1. The van der Waals surface area contributed by atoms with Crippen molar-refractivity contribution in [3.63, 3.8) is 0 Å². The number of hydrogen-bond acceptors (Lipinski definition) is 4. The maximum absolute atomic E-state index is 12.6. The molecule has 8 heteroatoms. The van der Waals surface area contributed by atoms with E-state index < -0.39 is 16.0 Å². The van der Waals surface area contributed by atoms with Crippen LogP contribution in [-0.4, -0.2) is 49.9 Å². The van der Waals surface area contributed by atoms with E-state index in [2.05, 4.69) is 4.72 Å². The quantitative estimate of drug-likeness (QED) is 0.643. The van der Waals surface area contributed by atoms with Gasteiger partial charge >= 0.3 is 5.97 Å². The highest BCUT2D eigenvalue weighted by atomic mass is 32.2. The minimum absolute atomic E-state index is 0.0932. The van der Waals surface area contributed by atoms with Crippen LogP contribution in [0.3, 0.4) is 0 Å². The number of nitrogens with one attached hydrogen (secondary N) is 1. The molecule has 0 spiro atoms. The molecule has 1 amide bonds. The van der Waals surface area contributed by atoms with E-state index in [1.165, 1.54) is 29.2 Å². The molecule has 0 aliphatic carbocycles. The fraction of sp³-hybridized carbons (Fsp3) is 0.556. The Labute approximate surface area is 155 Å². The van der Waals surface area contributed by atoms with Gasteiger partial charge in [0.05, 0.1) is 11.3 Å². The molecule has 26 heavy (non-hydrogen) atoms. The van der Waals surface area contributed by atoms with Crippen LogP contribution in [0.1, 0.15) is 44.5 Å². The van der Waals surface area contributed by atoms with Crippen LogP contribution in [0.5, 0.6) is 0 Å². The lowest BCUT2D eigenvalue weighted by molar-refractivity contribution is -0.137. The first-order valence-corrected chi connectivity index (χ1v) is 10.1. The van der Waals surface area contributed by atoms with Crippen molar-refractivity contribution in [2.24, 2.45) is 11.8 Å². The van der Waals surface area contributed by atoms with Gasteiger partial charge in [-0.2, -0.15) is 0 Å². The van der Waals surface area contributed by atoms with E-state index in [1.54, 1.807) is 0 Å². The normalized spacial score (nSPS) is 11.8. The van der Waals surface area contributed by atoms with Crippen LogP contribution in [0.2, 0.25) is 0 Å². The van der Waals surface area contributed by atoms with Crippen LogP contribution in [0.15, 0.2) is 29.2 Å². The van der Waals surface area contributed by atoms with Crippen molar-refractivity contribution < 1.29 is 23.1 Å². The number of carbonyl (C=O) groups excluding carboxylic acids is 1. The Hall–Kier alpha value is -1.93. The lowest BCUT2D eigenvalue weighted by Crippen LogP contribution is -2.36. The zero-order valence-corrected chi connectivity index (χ0v) is 16.5. The minimum Gasteiger partial charge on any atom is -0.481 e. The summed E-state index contributed by atoms with van der Waals surface area (Å²) >= 11 is 0. The molecule has 0 saturated carbocycles. The molecule has 7 nitrogen and oxygen atoms in total. The van der Waals surface area contributed by atoms with Crippen molar-refractivity contribution in [1.82, 2.24) is 9.62 Å². The molecule has 0 heterocycles. The summed E-state index contributed by atoms with van der Waals surface area (Å²) in [6, 6.07) is 5.70. The van der Waals surface area contributed by atoms with Gasteiger partial charge in [0.15, 0.2) is 0 Å². The first-order valence-electron chi connectivity index (χ1n) is 8.63. The maximum Gasteiger partial charge on any atom is 0.305 e. The summed E-state index contributed by atoms with van der Waals surface area (Å²) < 4.78 is 26.9. The van der Waals surface area contributed by atoms with Crippen molar-refractivity contribution in [1.29, 1.82) is 0 Å². The smallest absolute Gasteiger partial charge is 0.305 e. The second-order valence-corrected chi connectivity index (χ2v) is 8.83. The molecule has 0 unspecified atom stereocenters. The van der Waals surface area contributed by atoms with Crippen molar-refractivity contribution >= 4 is 21.9 Å². The number of rotatable bonds is 10. The van der Waals surface area contributed by atoms with Crippen molar-refractivity contribution in [3.05, 3.63) is 29.8 Å². The van der Waals surface area contributed by atoms with Crippen LogP contribution in [-0.2, 0) is 14.8 Å². The second kappa shape index (κ2) is 9.68. The molecule has 0 aromatic heterocycles. The molecule has 0 atom stereocenters. The first-order chi connectivity index (χ1) is 12.0. The molecule has 0 bridgehead atoms. The van der Waals surface area contributed by atoms with Gasteiger partial charge in [-0.25, -0.2) is 13.1 Å². The Morgan fingerprint density at radius 2 is 1.65 bits per heavy atom. The Bertz CT molecular complexity index is 712. The zero-order valence-electron chi connectivity index (χ0n) is 15.7. The van der Waals surface area contributed by atoms with E-state index in [-0.39, 0.29) is 35.6 Å². The van der Waals surface area contributed by atoms with E-state index in [0.29, 0.717) is 18.7 Å². The SMILES string of the molecule is CC(C)CNS(=O)(=O)c1ccc(C(=O)N(CCC(=O)O)CC(C)C)cc1. The van der Waals surface area contributed by atoms with Crippen molar-refractivity contribution in [2.45, 2.75) is 39.0 Å². The predicted molar refractivity (Wildman–Crippen MR) is 99.5 cm³/mol. The Morgan fingerprint density at radius 1 is 1.08 bits per heavy atom. The first kappa shape index (κ1) is 22.1. The third-order valence-corrected chi connectivity index (χ3v) is 5.00. The highest BCUT2D eigenvalue weighted by molar-refractivity contribution is 7.89. The predicted octanol–water partition coefficient (Wildman–Crippen LogP) is 2.19. The summed E-state index contributed by atoms with van der Waals surface area (Å²) in [5, 5.41) is 8.85. The third kappa shape index (κ3) is 7.13. The highest BCUT2D eigenvalue weighted by Crippen LogP contribution is 2.14. The number of carboxylic acids is 1. The zero-order chi connectivity index (χ0) is 19.9. The van der Waals surface area contributed by atoms with Crippen molar-refractivity contribution in [2.75, 3.05) is 19.6 Å². The second-order valence-electron chi connectivity index (χ2n) is 7.06.